The van der Waals surface area contributed by atoms with Crippen LogP contribution in [-0.4, -0.2) is 31.6 Å². The van der Waals surface area contributed by atoms with Crippen molar-refractivity contribution in [2.24, 2.45) is 5.92 Å². The van der Waals surface area contributed by atoms with E-state index in [2.05, 4.69) is 17.6 Å². The molecule has 1 aromatic carbocycles. The van der Waals surface area contributed by atoms with Gasteiger partial charge in [0.2, 0.25) is 0 Å². The summed E-state index contributed by atoms with van der Waals surface area (Å²) in [6, 6.07) is 9.85. The van der Waals surface area contributed by atoms with E-state index in [0.717, 1.165) is 25.1 Å². The highest BCUT2D eigenvalue weighted by Crippen LogP contribution is 2.19. The number of rotatable bonds is 5. The molecule has 0 bridgehead atoms. The molecule has 5 heteroatoms. The molecule has 2 N–H and O–H groups in total. The Bertz CT molecular complexity index is 428. The number of ether oxygens (including phenoxy) is 1. The topological polar surface area (TPSA) is 50.4 Å². The lowest BCUT2D eigenvalue weighted by Gasteiger charge is -2.31. The van der Waals surface area contributed by atoms with Gasteiger partial charge in [0.1, 0.15) is 0 Å². The second-order valence-electron chi connectivity index (χ2n) is 5.33. The zero-order valence-corrected chi connectivity index (χ0v) is 13.5. The monoisotopic (exact) mass is 312 g/mol. The first-order chi connectivity index (χ1) is 9.72. The van der Waals surface area contributed by atoms with Crippen molar-refractivity contribution in [2.75, 3.05) is 19.7 Å². The highest BCUT2D eigenvalue weighted by molar-refractivity contribution is 5.85. The molecule has 4 nitrogen and oxygen atoms in total. The number of carbonyl (C=O) groups is 1. The highest BCUT2D eigenvalue weighted by atomic mass is 35.5. The summed E-state index contributed by atoms with van der Waals surface area (Å²) in [5, 5.41) is 6.45. The van der Waals surface area contributed by atoms with Crippen molar-refractivity contribution in [3.8, 4) is 0 Å². The van der Waals surface area contributed by atoms with Gasteiger partial charge in [0, 0.05) is 19.2 Å². The van der Waals surface area contributed by atoms with Crippen LogP contribution in [0.1, 0.15) is 31.9 Å². The largest absolute Gasteiger partial charge is 0.364 e. The molecule has 1 aromatic rings. The smallest absolute Gasteiger partial charge is 0.254 e. The van der Waals surface area contributed by atoms with Crippen LogP contribution in [-0.2, 0) is 9.53 Å². The van der Waals surface area contributed by atoms with Crippen LogP contribution in [0.5, 0.6) is 0 Å². The Hall–Kier alpha value is -1.10. The van der Waals surface area contributed by atoms with Crippen molar-refractivity contribution < 1.29 is 9.53 Å². The molecular weight excluding hydrogens is 288 g/mol. The van der Waals surface area contributed by atoms with Crippen LogP contribution in [0.2, 0.25) is 0 Å². The maximum atomic E-state index is 12.5. The van der Waals surface area contributed by atoms with E-state index in [1.165, 1.54) is 0 Å². The molecule has 3 atom stereocenters. The SMILES string of the molecule is CCOC(C(=O)NC1CNCCC1C)c1ccccc1.Cl. The van der Waals surface area contributed by atoms with E-state index < -0.39 is 6.10 Å². The fraction of sp³-hybridized carbons (Fsp3) is 0.562. The van der Waals surface area contributed by atoms with Crippen LogP contribution >= 0.6 is 12.4 Å². The van der Waals surface area contributed by atoms with Gasteiger partial charge in [-0.2, -0.15) is 0 Å². The van der Waals surface area contributed by atoms with E-state index in [0.29, 0.717) is 12.5 Å². The molecule has 118 valence electrons. The summed E-state index contributed by atoms with van der Waals surface area (Å²) in [6.07, 6.45) is 0.575. The number of hydrogen-bond acceptors (Lipinski definition) is 3. The summed E-state index contributed by atoms with van der Waals surface area (Å²) in [5.74, 6) is 0.455. The maximum Gasteiger partial charge on any atom is 0.254 e. The second-order valence-corrected chi connectivity index (χ2v) is 5.33. The molecule has 2 rings (SSSR count). The van der Waals surface area contributed by atoms with E-state index in [1.807, 2.05) is 37.3 Å². The van der Waals surface area contributed by atoms with Crippen LogP contribution in [0.25, 0.3) is 0 Å². The van der Waals surface area contributed by atoms with Crippen LogP contribution in [0.3, 0.4) is 0 Å². The van der Waals surface area contributed by atoms with E-state index in [9.17, 15) is 4.79 Å². The fourth-order valence-electron chi connectivity index (χ4n) is 2.56. The molecular formula is C16H25ClN2O2. The van der Waals surface area contributed by atoms with Crippen LogP contribution < -0.4 is 10.6 Å². The van der Waals surface area contributed by atoms with Gasteiger partial charge in [-0.3, -0.25) is 4.79 Å². The minimum Gasteiger partial charge on any atom is -0.364 e. The van der Waals surface area contributed by atoms with Crippen molar-refractivity contribution in [1.29, 1.82) is 0 Å². The Balaban J connectivity index is 0.00000220. The molecule has 1 saturated heterocycles. The van der Waals surface area contributed by atoms with Gasteiger partial charge >= 0.3 is 0 Å². The van der Waals surface area contributed by atoms with Crippen molar-refractivity contribution in [3.05, 3.63) is 35.9 Å². The normalized spacial score (nSPS) is 23.0. The zero-order chi connectivity index (χ0) is 14.4. The maximum absolute atomic E-state index is 12.5. The van der Waals surface area contributed by atoms with Gasteiger partial charge < -0.3 is 15.4 Å². The molecule has 0 saturated carbocycles. The van der Waals surface area contributed by atoms with Gasteiger partial charge in [-0.05, 0) is 31.4 Å². The molecule has 0 radical (unpaired) electrons. The summed E-state index contributed by atoms with van der Waals surface area (Å²) < 4.78 is 5.63. The number of amides is 1. The van der Waals surface area contributed by atoms with E-state index in [-0.39, 0.29) is 24.4 Å². The Labute approximate surface area is 133 Å². The van der Waals surface area contributed by atoms with Gasteiger partial charge in [-0.1, -0.05) is 37.3 Å². The quantitative estimate of drug-likeness (QED) is 0.877. The van der Waals surface area contributed by atoms with E-state index in [4.69, 9.17) is 4.74 Å². The van der Waals surface area contributed by atoms with Crippen molar-refractivity contribution in [3.63, 3.8) is 0 Å². The first-order valence-corrected chi connectivity index (χ1v) is 7.40. The highest BCUT2D eigenvalue weighted by Gasteiger charge is 2.27. The summed E-state index contributed by atoms with van der Waals surface area (Å²) in [4.78, 5) is 12.5. The van der Waals surface area contributed by atoms with Gasteiger partial charge in [0.05, 0.1) is 0 Å². The van der Waals surface area contributed by atoms with E-state index >= 15 is 0 Å². The average molecular weight is 313 g/mol. The zero-order valence-electron chi connectivity index (χ0n) is 12.7. The Kier molecular flexibility index (Phi) is 7.72. The van der Waals surface area contributed by atoms with Crippen LogP contribution in [0.4, 0.5) is 0 Å². The molecule has 21 heavy (non-hydrogen) atoms. The number of carbonyl (C=O) groups excluding carboxylic acids is 1. The number of hydrogen-bond donors (Lipinski definition) is 2. The Morgan fingerprint density at radius 3 is 2.76 bits per heavy atom. The minimum absolute atomic E-state index is 0. The van der Waals surface area contributed by atoms with Crippen LogP contribution in [0, 0.1) is 5.92 Å². The first-order valence-electron chi connectivity index (χ1n) is 7.40. The lowest BCUT2D eigenvalue weighted by molar-refractivity contribution is -0.134. The van der Waals surface area contributed by atoms with Crippen molar-refractivity contribution in [1.82, 2.24) is 10.6 Å². The standard InChI is InChI=1S/C16H24N2O2.ClH/c1-3-20-15(13-7-5-4-6-8-13)16(19)18-14-11-17-10-9-12(14)2;/h4-8,12,14-15,17H,3,9-11H2,1-2H3,(H,18,19);1H. The Morgan fingerprint density at radius 2 is 2.14 bits per heavy atom. The Morgan fingerprint density at radius 1 is 1.43 bits per heavy atom. The number of nitrogens with one attached hydrogen (secondary N) is 2. The molecule has 0 spiro atoms. The molecule has 1 aliphatic heterocycles. The molecule has 0 aliphatic carbocycles. The number of halogens is 1. The number of piperidine rings is 1. The second kappa shape index (κ2) is 9.03. The van der Waals surface area contributed by atoms with Gasteiger partial charge in [0.25, 0.3) is 5.91 Å². The molecule has 0 aromatic heterocycles. The van der Waals surface area contributed by atoms with Gasteiger partial charge in [-0.15, -0.1) is 12.4 Å². The van der Waals surface area contributed by atoms with Crippen LogP contribution in [0.15, 0.2) is 30.3 Å². The molecule has 1 heterocycles. The van der Waals surface area contributed by atoms with Crippen molar-refractivity contribution in [2.45, 2.75) is 32.4 Å². The molecule has 1 aliphatic rings. The summed E-state index contributed by atoms with van der Waals surface area (Å²) in [7, 11) is 0. The molecule has 1 amide bonds. The lowest BCUT2D eigenvalue weighted by atomic mass is 9.94. The first kappa shape index (κ1) is 18.0. The average Bonchev–Trinajstić information content (AvgIpc) is 2.48. The molecule has 1 fully saturated rings. The summed E-state index contributed by atoms with van der Waals surface area (Å²) in [6.45, 7) is 6.48. The third-order valence-corrected chi connectivity index (χ3v) is 3.83. The summed E-state index contributed by atoms with van der Waals surface area (Å²) in [5.41, 5.74) is 0.906. The predicted molar refractivity (Wildman–Crippen MR) is 86.6 cm³/mol. The van der Waals surface area contributed by atoms with Gasteiger partial charge in [-0.25, -0.2) is 0 Å². The van der Waals surface area contributed by atoms with Crippen molar-refractivity contribution >= 4 is 18.3 Å². The third-order valence-electron chi connectivity index (χ3n) is 3.83. The minimum atomic E-state index is -0.518. The lowest BCUT2D eigenvalue weighted by Crippen LogP contribution is -2.51. The summed E-state index contributed by atoms with van der Waals surface area (Å²) >= 11 is 0. The predicted octanol–water partition coefficient (Wildman–Crippen LogP) is 2.30. The fourth-order valence-corrected chi connectivity index (χ4v) is 2.56. The third kappa shape index (κ3) is 4.99. The number of benzene rings is 1. The van der Waals surface area contributed by atoms with Gasteiger partial charge in [0.15, 0.2) is 6.10 Å². The molecule has 3 unspecified atom stereocenters. The van der Waals surface area contributed by atoms with E-state index in [1.54, 1.807) is 0 Å².